The molecular weight excluding hydrogens is 239 g/mol. The smallest absolute Gasteiger partial charge is 0.0647 e. The van der Waals surface area contributed by atoms with Crippen molar-refractivity contribution in [3.63, 3.8) is 0 Å². The third-order valence-corrected chi connectivity index (χ3v) is 4.80. The van der Waals surface area contributed by atoms with E-state index in [1.807, 2.05) is 0 Å². The molecule has 0 atom stereocenters. The van der Waals surface area contributed by atoms with Gasteiger partial charge in [-0.2, -0.15) is 0 Å². The van der Waals surface area contributed by atoms with Crippen LogP contribution in [0.15, 0.2) is 72.6 Å². The maximum atomic E-state index is 5.09. The van der Waals surface area contributed by atoms with E-state index in [1.165, 1.54) is 10.6 Å². The summed E-state index contributed by atoms with van der Waals surface area (Å²) in [6, 6.07) is 21.3. The first kappa shape index (κ1) is 13.0. The van der Waals surface area contributed by atoms with Crippen molar-refractivity contribution in [2.45, 2.75) is 0 Å². The average molecular weight is 256 g/mol. The molecule has 2 heteroatoms. The van der Waals surface area contributed by atoms with Crippen LogP contribution in [0.25, 0.3) is 0 Å². The molecule has 0 aliphatic carbocycles. The Hall–Kier alpha value is -1.43. The van der Waals surface area contributed by atoms with E-state index >= 15 is 0 Å². The number of methoxy groups -OCH3 is 1. The second-order valence-electron chi connectivity index (χ2n) is 3.88. The van der Waals surface area contributed by atoms with E-state index in [0.29, 0.717) is 6.61 Å². The van der Waals surface area contributed by atoms with Crippen LogP contribution in [0.4, 0.5) is 0 Å². The highest BCUT2D eigenvalue weighted by Gasteiger charge is 2.08. The summed E-state index contributed by atoms with van der Waals surface area (Å²) < 4.78 is 5.09. The van der Waals surface area contributed by atoms with Crippen molar-refractivity contribution in [1.29, 1.82) is 0 Å². The SMILES string of the molecule is COC/C=C/P(c1ccccc1)c1ccccc1. The van der Waals surface area contributed by atoms with Gasteiger partial charge < -0.3 is 4.74 Å². The first-order valence-corrected chi connectivity index (χ1v) is 7.38. The minimum atomic E-state index is -0.423. The molecule has 0 N–H and O–H groups in total. The van der Waals surface area contributed by atoms with Crippen molar-refractivity contribution in [3.05, 3.63) is 72.6 Å². The Bertz CT molecular complexity index is 439. The summed E-state index contributed by atoms with van der Waals surface area (Å²) in [6.45, 7) is 0.665. The van der Waals surface area contributed by atoms with Gasteiger partial charge in [0.25, 0.3) is 0 Å². The molecule has 18 heavy (non-hydrogen) atoms. The van der Waals surface area contributed by atoms with Gasteiger partial charge in [0.05, 0.1) is 6.61 Å². The van der Waals surface area contributed by atoms with Crippen molar-refractivity contribution in [1.82, 2.24) is 0 Å². The predicted octanol–water partition coefficient (Wildman–Crippen LogP) is 3.28. The van der Waals surface area contributed by atoms with Gasteiger partial charge in [0.15, 0.2) is 0 Å². The first-order valence-electron chi connectivity index (χ1n) is 5.97. The highest BCUT2D eigenvalue weighted by Crippen LogP contribution is 2.34. The Morgan fingerprint density at radius 2 is 1.39 bits per heavy atom. The second kappa shape index (κ2) is 7.10. The second-order valence-corrected chi connectivity index (χ2v) is 5.95. The van der Waals surface area contributed by atoms with Gasteiger partial charge >= 0.3 is 0 Å². The van der Waals surface area contributed by atoms with Crippen LogP contribution in [0.3, 0.4) is 0 Å². The van der Waals surface area contributed by atoms with Crippen molar-refractivity contribution in [3.8, 4) is 0 Å². The number of rotatable bonds is 5. The molecule has 0 aromatic heterocycles. The van der Waals surface area contributed by atoms with Gasteiger partial charge in [0.2, 0.25) is 0 Å². The van der Waals surface area contributed by atoms with Crippen LogP contribution >= 0.6 is 7.92 Å². The zero-order chi connectivity index (χ0) is 12.6. The van der Waals surface area contributed by atoms with Gasteiger partial charge in [-0.1, -0.05) is 72.6 Å². The van der Waals surface area contributed by atoms with E-state index in [-0.39, 0.29) is 0 Å². The lowest BCUT2D eigenvalue weighted by atomic mass is 10.4. The fraction of sp³-hybridized carbons (Fsp3) is 0.125. The summed E-state index contributed by atoms with van der Waals surface area (Å²) in [5.74, 6) is 2.27. The summed E-state index contributed by atoms with van der Waals surface area (Å²) in [6.07, 6.45) is 2.10. The molecule has 0 heterocycles. The monoisotopic (exact) mass is 256 g/mol. The van der Waals surface area contributed by atoms with Crippen molar-refractivity contribution in [2.75, 3.05) is 13.7 Å². The lowest BCUT2D eigenvalue weighted by molar-refractivity contribution is 0.234. The van der Waals surface area contributed by atoms with E-state index in [4.69, 9.17) is 4.74 Å². The van der Waals surface area contributed by atoms with Crippen LogP contribution in [-0.4, -0.2) is 13.7 Å². The summed E-state index contributed by atoms with van der Waals surface area (Å²) in [4.78, 5) is 0. The van der Waals surface area contributed by atoms with E-state index < -0.39 is 7.92 Å². The molecule has 1 nitrogen and oxygen atoms in total. The van der Waals surface area contributed by atoms with E-state index in [2.05, 4.69) is 72.6 Å². The molecule has 0 aliphatic heterocycles. The molecule has 2 rings (SSSR count). The number of benzene rings is 2. The van der Waals surface area contributed by atoms with Gasteiger partial charge in [0.1, 0.15) is 0 Å². The molecule has 2 aromatic carbocycles. The fourth-order valence-corrected chi connectivity index (χ4v) is 3.67. The molecule has 2 aromatic rings. The summed E-state index contributed by atoms with van der Waals surface area (Å²) >= 11 is 0. The molecular formula is C16H17OP. The number of ether oxygens (including phenoxy) is 1. The molecule has 0 radical (unpaired) electrons. The van der Waals surface area contributed by atoms with Gasteiger partial charge in [-0.3, -0.25) is 0 Å². The Morgan fingerprint density at radius 1 is 0.889 bits per heavy atom. The zero-order valence-electron chi connectivity index (χ0n) is 10.5. The average Bonchev–Trinajstić information content (AvgIpc) is 2.46. The minimum absolute atomic E-state index is 0.423. The summed E-state index contributed by atoms with van der Waals surface area (Å²) in [5, 5.41) is 2.73. The highest BCUT2D eigenvalue weighted by atomic mass is 31.1. The zero-order valence-corrected chi connectivity index (χ0v) is 11.4. The number of hydrogen-bond acceptors (Lipinski definition) is 1. The third-order valence-electron chi connectivity index (χ3n) is 2.59. The van der Waals surface area contributed by atoms with Gasteiger partial charge in [0, 0.05) is 7.11 Å². The van der Waals surface area contributed by atoms with Crippen LogP contribution in [0.1, 0.15) is 0 Å². The Balaban J connectivity index is 2.29. The van der Waals surface area contributed by atoms with E-state index in [9.17, 15) is 0 Å². The van der Waals surface area contributed by atoms with Crippen molar-refractivity contribution >= 4 is 18.5 Å². The van der Waals surface area contributed by atoms with Gasteiger partial charge in [-0.05, 0) is 18.5 Å². The lowest BCUT2D eigenvalue weighted by Gasteiger charge is -2.14. The molecule has 0 fully saturated rings. The lowest BCUT2D eigenvalue weighted by Crippen LogP contribution is -2.09. The first-order chi connectivity index (χ1) is 8.92. The van der Waals surface area contributed by atoms with Gasteiger partial charge in [-0.15, -0.1) is 0 Å². The van der Waals surface area contributed by atoms with Crippen LogP contribution in [0.5, 0.6) is 0 Å². The standard InChI is InChI=1S/C16H17OP/c1-17-13-8-14-18(15-9-4-2-5-10-15)16-11-6-3-7-12-16/h2-12,14H,13H2,1H3/b14-8+. The van der Waals surface area contributed by atoms with Crippen LogP contribution in [0.2, 0.25) is 0 Å². The van der Waals surface area contributed by atoms with Crippen molar-refractivity contribution < 1.29 is 4.74 Å². The van der Waals surface area contributed by atoms with Crippen LogP contribution < -0.4 is 10.6 Å². The predicted molar refractivity (Wildman–Crippen MR) is 80.1 cm³/mol. The normalized spacial score (nSPS) is 11.2. The number of hydrogen-bond donors (Lipinski definition) is 0. The molecule has 0 spiro atoms. The maximum Gasteiger partial charge on any atom is 0.0647 e. The van der Waals surface area contributed by atoms with E-state index in [0.717, 1.165) is 0 Å². The Morgan fingerprint density at radius 3 is 1.83 bits per heavy atom. The van der Waals surface area contributed by atoms with Crippen LogP contribution in [0, 0.1) is 0 Å². The summed E-state index contributed by atoms with van der Waals surface area (Å²) in [7, 11) is 1.30. The van der Waals surface area contributed by atoms with Crippen molar-refractivity contribution in [2.24, 2.45) is 0 Å². The molecule has 0 unspecified atom stereocenters. The van der Waals surface area contributed by atoms with Crippen LogP contribution in [-0.2, 0) is 4.74 Å². The topological polar surface area (TPSA) is 9.23 Å². The molecule has 0 saturated heterocycles. The van der Waals surface area contributed by atoms with Gasteiger partial charge in [-0.25, -0.2) is 0 Å². The molecule has 0 bridgehead atoms. The molecule has 0 amide bonds. The largest absolute Gasteiger partial charge is 0.381 e. The molecule has 0 aliphatic rings. The minimum Gasteiger partial charge on any atom is -0.381 e. The fourth-order valence-electron chi connectivity index (χ4n) is 1.74. The Labute approximate surface area is 110 Å². The Kier molecular flexibility index (Phi) is 5.14. The third kappa shape index (κ3) is 3.53. The maximum absolute atomic E-state index is 5.09. The van der Waals surface area contributed by atoms with E-state index in [1.54, 1.807) is 7.11 Å². The summed E-state index contributed by atoms with van der Waals surface area (Å²) in [5.41, 5.74) is 0. The highest BCUT2D eigenvalue weighted by molar-refractivity contribution is 7.75. The quantitative estimate of drug-likeness (QED) is 0.746. The molecule has 0 saturated carbocycles. The molecule has 92 valence electrons.